The number of carbonyl (C=O) groups excluding carboxylic acids is 2. The van der Waals surface area contributed by atoms with Gasteiger partial charge in [-0.05, 0) is 56.9 Å². The second kappa shape index (κ2) is 8.57. The highest BCUT2D eigenvalue weighted by Crippen LogP contribution is 2.28. The zero-order valence-electron chi connectivity index (χ0n) is 18.2. The fourth-order valence-corrected chi connectivity index (χ4v) is 4.24. The van der Waals surface area contributed by atoms with Crippen LogP contribution in [0, 0.1) is 12.8 Å². The van der Waals surface area contributed by atoms with Crippen LogP contribution in [0.15, 0.2) is 48.5 Å². The SMILES string of the molecule is Cc1cccc(NC(=O)C2CCCN(c3cc(C(=O)NC4CC4)c4ccccc4n3)C2)n1. The predicted octanol–water partition coefficient (Wildman–Crippen LogP) is 3.69. The number of carbonyl (C=O) groups is 2. The van der Waals surface area contributed by atoms with Gasteiger partial charge in [0.15, 0.2) is 0 Å². The molecule has 7 heteroatoms. The Bertz CT molecular complexity index is 1170. The Hall–Kier alpha value is -3.48. The van der Waals surface area contributed by atoms with Gasteiger partial charge in [-0.1, -0.05) is 24.3 Å². The minimum Gasteiger partial charge on any atom is -0.356 e. The van der Waals surface area contributed by atoms with Crippen LogP contribution in [0.3, 0.4) is 0 Å². The summed E-state index contributed by atoms with van der Waals surface area (Å²) in [7, 11) is 0. The summed E-state index contributed by atoms with van der Waals surface area (Å²) in [5, 5.41) is 6.90. The smallest absolute Gasteiger partial charge is 0.252 e. The number of hydrogen-bond donors (Lipinski definition) is 2. The van der Waals surface area contributed by atoms with Gasteiger partial charge in [-0.15, -0.1) is 0 Å². The van der Waals surface area contributed by atoms with Gasteiger partial charge in [0.2, 0.25) is 5.91 Å². The molecule has 2 amide bonds. The van der Waals surface area contributed by atoms with Gasteiger partial charge in [0, 0.05) is 30.2 Å². The van der Waals surface area contributed by atoms with E-state index < -0.39 is 0 Å². The first-order chi connectivity index (χ1) is 15.6. The standard InChI is InChI=1S/C25H27N5O2/c1-16-6-4-10-22(26-16)29-24(31)17-7-5-13-30(15-17)23-14-20(25(32)27-18-11-12-18)19-8-2-3-9-21(19)28-23/h2-4,6,8-10,14,17-18H,5,7,11-13,15H2,1H3,(H,27,32)(H,26,29,31). The summed E-state index contributed by atoms with van der Waals surface area (Å²) >= 11 is 0. The summed E-state index contributed by atoms with van der Waals surface area (Å²) in [4.78, 5) is 37.2. The summed E-state index contributed by atoms with van der Waals surface area (Å²) in [5.41, 5.74) is 2.31. The Morgan fingerprint density at radius 2 is 1.88 bits per heavy atom. The molecule has 1 unspecified atom stereocenters. The van der Waals surface area contributed by atoms with E-state index in [1.807, 2.05) is 49.4 Å². The van der Waals surface area contributed by atoms with E-state index in [1.54, 1.807) is 6.07 Å². The molecule has 2 aromatic heterocycles. The maximum atomic E-state index is 12.9. The number of benzene rings is 1. The monoisotopic (exact) mass is 429 g/mol. The molecule has 5 rings (SSSR count). The number of aryl methyl sites for hydroxylation is 1. The number of para-hydroxylation sites is 1. The number of nitrogens with zero attached hydrogens (tertiary/aromatic N) is 3. The maximum Gasteiger partial charge on any atom is 0.252 e. The van der Waals surface area contributed by atoms with Crippen LogP contribution in [-0.2, 0) is 4.79 Å². The molecule has 1 aliphatic carbocycles. The van der Waals surface area contributed by atoms with Crippen molar-refractivity contribution in [3.63, 3.8) is 0 Å². The van der Waals surface area contributed by atoms with Crippen molar-refractivity contribution in [1.82, 2.24) is 15.3 Å². The van der Waals surface area contributed by atoms with Crippen LogP contribution in [0.5, 0.6) is 0 Å². The van der Waals surface area contributed by atoms with Crippen molar-refractivity contribution >= 4 is 34.4 Å². The van der Waals surface area contributed by atoms with Crippen molar-refractivity contribution in [3.8, 4) is 0 Å². The third-order valence-electron chi connectivity index (χ3n) is 6.12. The molecule has 32 heavy (non-hydrogen) atoms. The molecule has 3 aromatic rings. The number of aromatic nitrogens is 2. The quantitative estimate of drug-likeness (QED) is 0.646. The summed E-state index contributed by atoms with van der Waals surface area (Å²) in [6.45, 7) is 3.27. The Balaban J connectivity index is 1.38. The fraction of sp³-hybridized carbons (Fsp3) is 0.360. The van der Waals surface area contributed by atoms with Crippen molar-refractivity contribution in [1.29, 1.82) is 0 Å². The molecule has 2 aliphatic rings. The highest BCUT2D eigenvalue weighted by atomic mass is 16.2. The lowest BCUT2D eigenvalue weighted by molar-refractivity contribution is -0.120. The van der Waals surface area contributed by atoms with Gasteiger partial charge in [-0.25, -0.2) is 9.97 Å². The lowest BCUT2D eigenvalue weighted by atomic mass is 9.96. The molecular weight excluding hydrogens is 402 g/mol. The average molecular weight is 430 g/mol. The van der Waals surface area contributed by atoms with Gasteiger partial charge in [0.1, 0.15) is 11.6 Å². The van der Waals surface area contributed by atoms with E-state index in [-0.39, 0.29) is 23.8 Å². The van der Waals surface area contributed by atoms with Crippen LogP contribution in [0.2, 0.25) is 0 Å². The van der Waals surface area contributed by atoms with E-state index in [1.165, 1.54) is 0 Å². The molecule has 2 N–H and O–H groups in total. The maximum absolute atomic E-state index is 12.9. The molecule has 7 nitrogen and oxygen atoms in total. The molecular formula is C25H27N5O2. The lowest BCUT2D eigenvalue weighted by Crippen LogP contribution is -2.41. The van der Waals surface area contributed by atoms with Crippen LogP contribution in [0.25, 0.3) is 10.9 Å². The minimum absolute atomic E-state index is 0.0275. The molecule has 1 atom stereocenters. The Kier molecular flexibility index (Phi) is 5.47. The molecule has 0 spiro atoms. The van der Waals surface area contributed by atoms with Crippen LogP contribution >= 0.6 is 0 Å². The number of rotatable bonds is 5. The van der Waals surface area contributed by atoms with Gasteiger partial charge in [0.25, 0.3) is 5.91 Å². The summed E-state index contributed by atoms with van der Waals surface area (Å²) < 4.78 is 0. The third kappa shape index (κ3) is 4.42. The minimum atomic E-state index is -0.164. The normalized spacial score (nSPS) is 18.4. The van der Waals surface area contributed by atoms with E-state index >= 15 is 0 Å². The first-order valence-electron chi connectivity index (χ1n) is 11.3. The molecule has 1 saturated carbocycles. The molecule has 1 aliphatic heterocycles. The van der Waals surface area contributed by atoms with Crippen LogP contribution < -0.4 is 15.5 Å². The Morgan fingerprint density at radius 1 is 1.03 bits per heavy atom. The van der Waals surface area contributed by atoms with Gasteiger partial charge >= 0.3 is 0 Å². The number of anilines is 2. The second-order valence-corrected chi connectivity index (χ2v) is 8.73. The van der Waals surface area contributed by atoms with Crippen molar-refractivity contribution in [2.24, 2.45) is 5.92 Å². The predicted molar refractivity (Wildman–Crippen MR) is 125 cm³/mol. The first kappa shape index (κ1) is 20.4. The topological polar surface area (TPSA) is 87.2 Å². The zero-order chi connectivity index (χ0) is 22.1. The van der Waals surface area contributed by atoms with E-state index in [0.29, 0.717) is 17.9 Å². The van der Waals surface area contributed by atoms with Gasteiger partial charge in [0.05, 0.1) is 17.0 Å². The van der Waals surface area contributed by atoms with Gasteiger partial charge in [-0.3, -0.25) is 9.59 Å². The number of piperidine rings is 1. The van der Waals surface area contributed by atoms with E-state index in [0.717, 1.165) is 54.6 Å². The lowest BCUT2D eigenvalue weighted by Gasteiger charge is -2.33. The largest absolute Gasteiger partial charge is 0.356 e. The summed E-state index contributed by atoms with van der Waals surface area (Å²) in [5.74, 6) is 1.08. The van der Waals surface area contributed by atoms with Gasteiger partial charge in [-0.2, -0.15) is 0 Å². The van der Waals surface area contributed by atoms with Crippen molar-refractivity contribution in [3.05, 3.63) is 59.8 Å². The number of hydrogen-bond acceptors (Lipinski definition) is 5. The second-order valence-electron chi connectivity index (χ2n) is 8.73. The summed E-state index contributed by atoms with van der Waals surface area (Å²) in [6, 6.07) is 15.5. The highest BCUT2D eigenvalue weighted by molar-refractivity contribution is 6.07. The molecule has 0 radical (unpaired) electrons. The van der Waals surface area contributed by atoms with Crippen LogP contribution in [0.1, 0.15) is 41.7 Å². The Labute approximate surface area is 187 Å². The number of nitrogens with one attached hydrogen (secondary N) is 2. The van der Waals surface area contributed by atoms with Crippen LogP contribution in [0.4, 0.5) is 11.6 Å². The number of amides is 2. The molecule has 1 aromatic carbocycles. The van der Waals surface area contributed by atoms with E-state index in [4.69, 9.17) is 4.98 Å². The highest BCUT2D eigenvalue weighted by Gasteiger charge is 2.29. The first-order valence-corrected chi connectivity index (χ1v) is 11.3. The number of fused-ring (bicyclic) bond motifs is 1. The molecule has 0 bridgehead atoms. The molecule has 3 heterocycles. The zero-order valence-corrected chi connectivity index (χ0v) is 18.2. The van der Waals surface area contributed by atoms with E-state index in [9.17, 15) is 9.59 Å². The van der Waals surface area contributed by atoms with Crippen molar-refractivity contribution in [2.75, 3.05) is 23.3 Å². The van der Waals surface area contributed by atoms with E-state index in [2.05, 4.69) is 20.5 Å². The van der Waals surface area contributed by atoms with Gasteiger partial charge < -0.3 is 15.5 Å². The summed E-state index contributed by atoms with van der Waals surface area (Å²) in [6.07, 6.45) is 3.79. The van der Waals surface area contributed by atoms with Crippen molar-refractivity contribution < 1.29 is 9.59 Å². The van der Waals surface area contributed by atoms with Crippen LogP contribution in [-0.4, -0.2) is 40.9 Å². The Morgan fingerprint density at radius 3 is 2.69 bits per heavy atom. The number of pyridine rings is 2. The molecule has 1 saturated heterocycles. The molecule has 2 fully saturated rings. The van der Waals surface area contributed by atoms with Crippen molar-refractivity contribution in [2.45, 2.75) is 38.6 Å². The molecule has 164 valence electrons. The fourth-order valence-electron chi connectivity index (χ4n) is 4.24. The average Bonchev–Trinajstić information content (AvgIpc) is 3.62. The third-order valence-corrected chi connectivity index (χ3v) is 6.12.